The van der Waals surface area contributed by atoms with Crippen LogP contribution in [-0.4, -0.2) is 35.6 Å². The van der Waals surface area contributed by atoms with Crippen molar-refractivity contribution < 1.29 is 13.2 Å². The number of rotatable bonds is 0. The zero-order valence-electron chi connectivity index (χ0n) is 10.7. The van der Waals surface area contributed by atoms with Gasteiger partial charge in [0.05, 0.1) is 5.41 Å². The maximum Gasteiger partial charge on any atom is 0.255 e. The van der Waals surface area contributed by atoms with Crippen LogP contribution in [0.5, 0.6) is 0 Å². The highest BCUT2D eigenvalue weighted by Crippen LogP contribution is 2.71. The molecular weight excluding hydrogens is 227 g/mol. The standard InChI is InChI=1S/C13H20F3N/c1-10(2,3)12-4-9(14)5-17(12)8-11(6-12)7-13(11,15)16/h9H,4-8H2,1-3H3. The topological polar surface area (TPSA) is 3.24 Å². The van der Waals surface area contributed by atoms with E-state index in [4.69, 9.17) is 0 Å². The van der Waals surface area contributed by atoms with E-state index in [9.17, 15) is 13.2 Å². The van der Waals surface area contributed by atoms with Crippen molar-refractivity contribution in [1.82, 2.24) is 4.90 Å². The lowest BCUT2D eigenvalue weighted by molar-refractivity contribution is 0.0541. The molecule has 0 aromatic carbocycles. The summed E-state index contributed by atoms with van der Waals surface area (Å²) in [5, 5.41) is 0. The number of hydrogen-bond donors (Lipinski definition) is 0. The van der Waals surface area contributed by atoms with Crippen LogP contribution in [0.15, 0.2) is 0 Å². The molecule has 3 fully saturated rings. The van der Waals surface area contributed by atoms with Gasteiger partial charge in [-0.25, -0.2) is 13.2 Å². The molecule has 1 spiro atoms. The lowest BCUT2D eigenvalue weighted by Crippen LogP contribution is -2.49. The minimum absolute atomic E-state index is 0.00524. The Morgan fingerprint density at radius 3 is 2.18 bits per heavy atom. The van der Waals surface area contributed by atoms with Crippen molar-refractivity contribution in [1.29, 1.82) is 0 Å². The Hall–Kier alpha value is -0.250. The summed E-state index contributed by atoms with van der Waals surface area (Å²) in [6, 6.07) is 0. The number of fused-ring (bicyclic) bond motifs is 1. The van der Waals surface area contributed by atoms with Crippen molar-refractivity contribution in [2.75, 3.05) is 13.1 Å². The number of hydrogen-bond acceptors (Lipinski definition) is 1. The van der Waals surface area contributed by atoms with E-state index in [1.165, 1.54) is 0 Å². The van der Waals surface area contributed by atoms with E-state index in [-0.39, 0.29) is 17.4 Å². The molecule has 0 amide bonds. The van der Waals surface area contributed by atoms with Gasteiger partial charge in [-0.2, -0.15) is 0 Å². The molecule has 0 aromatic heterocycles. The molecular formula is C13H20F3N. The van der Waals surface area contributed by atoms with Crippen molar-refractivity contribution in [3.63, 3.8) is 0 Å². The van der Waals surface area contributed by atoms with E-state index in [1.807, 2.05) is 4.90 Å². The average Bonchev–Trinajstić information content (AvgIpc) is 2.41. The van der Waals surface area contributed by atoms with Crippen LogP contribution < -0.4 is 0 Å². The molecule has 2 aliphatic heterocycles. The Labute approximate surface area is 100 Å². The third kappa shape index (κ3) is 1.31. The molecule has 3 atom stereocenters. The maximum absolute atomic E-state index is 13.7. The van der Waals surface area contributed by atoms with Gasteiger partial charge in [-0.05, 0) is 18.3 Å². The lowest BCUT2D eigenvalue weighted by Gasteiger charge is -2.44. The predicted molar refractivity (Wildman–Crippen MR) is 59.9 cm³/mol. The zero-order valence-corrected chi connectivity index (χ0v) is 10.7. The SMILES string of the molecule is CC(C)(C)C12CC(F)CN1CC1(CC1(F)F)C2. The molecule has 0 radical (unpaired) electrons. The molecule has 0 N–H and O–H groups in total. The smallest absolute Gasteiger partial charge is 0.255 e. The second kappa shape index (κ2) is 2.84. The molecule has 98 valence electrons. The minimum Gasteiger partial charge on any atom is -0.293 e. The molecule has 1 saturated carbocycles. The first-order chi connectivity index (χ1) is 7.62. The average molecular weight is 247 g/mol. The highest BCUT2D eigenvalue weighted by molar-refractivity contribution is 5.25. The van der Waals surface area contributed by atoms with Gasteiger partial charge in [0, 0.05) is 25.0 Å². The van der Waals surface area contributed by atoms with Gasteiger partial charge < -0.3 is 0 Å². The van der Waals surface area contributed by atoms with Crippen molar-refractivity contribution in [2.24, 2.45) is 10.8 Å². The van der Waals surface area contributed by atoms with Crippen molar-refractivity contribution in [3.8, 4) is 0 Å². The van der Waals surface area contributed by atoms with Crippen LogP contribution in [-0.2, 0) is 0 Å². The zero-order chi connectivity index (χ0) is 12.7. The van der Waals surface area contributed by atoms with E-state index >= 15 is 0 Å². The largest absolute Gasteiger partial charge is 0.293 e. The molecule has 0 bridgehead atoms. The minimum atomic E-state index is -2.51. The highest BCUT2D eigenvalue weighted by Gasteiger charge is 2.78. The molecule has 1 aliphatic carbocycles. The molecule has 3 aliphatic rings. The molecule has 3 rings (SSSR count). The van der Waals surface area contributed by atoms with Crippen LogP contribution in [0.1, 0.15) is 40.0 Å². The second-order valence-corrected chi connectivity index (χ2v) is 7.30. The van der Waals surface area contributed by atoms with Gasteiger partial charge in [0.15, 0.2) is 0 Å². The Morgan fingerprint density at radius 2 is 1.76 bits per heavy atom. The number of halogens is 3. The number of nitrogens with zero attached hydrogens (tertiary/aromatic N) is 1. The third-order valence-electron chi connectivity index (χ3n) is 5.31. The molecule has 4 heteroatoms. The Balaban J connectivity index is 1.95. The van der Waals surface area contributed by atoms with E-state index in [1.54, 1.807) is 0 Å². The van der Waals surface area contributed by atoms with Crippen LogP contribution >= 0.6 is 0 Å². The van der Waals surface area contributed by atoms with Gasteiger partial charge in [-0.1, -0.05) is 20.8 Å². The first-order valence-electron chi connectivity index (χ1n) is 6.39. The fourth-order valence-electron chi connectivity index (χ4n) is 4.14. The normalized spacial score (nSPS) is 48.7. The van der Waals surface area contributed by atoms with Crippen LogP contribution in [0.2, 0.25) is 0 Å². The summed E-state index contributed by atoms with van der Waals surface area (Å²) in [6.07, 6.45) is 0.0511. The molecule has 17 heavy (non-hydrogen) atoms. The summed E-state index contributed by atoms with van der Waals surface area (Å²) in [6.45, 7) is 6.89. The maximum atomic E-state index is 13.7. The van der Waals surface area contributed by atoms with Crippen LogP contribution in [0, 0.1) is 10.8 Å². The summed E-state index contributed by atoms with van der Waals surface area (Å²) in [7, 11) is 0. The third-order valence-corrected chi connectivity index (χ3v) is 5.31. The summed E-state index contributed by atoms with van der Waals surface area (Å²) in [4.78, 5) is 2.01. The Kier molecular flexibility index (Phi) is 1.97. The summed E-state index contributed by atoms with van der Waals surface area (Å²) < 4.78 is 40.7. The second-order valence-electron chi connectivity index (χ2n) is 7.30. The molecule has 2 heterocycles. The van der Waals surface area contributed by atoms with E-state index < -0.39 is 17.5 Å². The van der Waals surface area contributed by atoms with Gasteiger partial charge in [0.1, 0.15) is 6.17 Å². The van der Waals surface area contributed by atoms with E-state index in [0.29, 0.717) is 25.9 Å². The summed E-state index contributed by atoms with van der Waals surface area (Å²) in [5.41, 5.74) is -1.33. The van der Waals surface area contributed by atoms with Gasteiger partial charge in [0.2, 0.25) is 0 Å². The van der Waals surface area contributed by atoms with Crippen LogP contribution in [0.25, 0.3) is 0 Å². The van der Waals surface area contributed by atoms with Crippen molar-refractivity contribution >= 4 is 0 Å². The number of alkyl halides is 3. The first-order valence-corrected chi connectivity index (χ1v) is 6.39. The van der Waals surface area contributed by atoms with Gasteiger partial charge in [0.25, 0.3) is 5.92 Å². The van der Waals surface area contributed by atoms with E-state index in [0.717, 1.165) is 0 Å². The molecule has 1 nitrogen and oxygen atoms in total. The monoisotopic (exact) mass is 247 g/mol. The Bertz CT molecular complexity index is 362. The van der Waals surface area contributed by atoms with Gasteiger partial charge in [-0.3, -0.25) is 4.90 Å². The first kappa shape index (κ1) is 11.8. The van der Waals surface area contributed by atoms with Gasteiger partial charge >= 0.3 is 0 Å². The van der Waals surface area contributed by atoms with Crippen LogP contribution in [0.4, 0.5) is 13.2 Å². The summed E-state index contributed by atoms with van der Waals surface area (Å²) in [5.74, 6) is -2.51. The molecule has 2 saturated heterocycles. The quantitative estimate of drug-likeness (QED) is 0.635. The van der Waals surface area contributed by atoms with E-state index in [2.05, 4.69) is 20.8 Å². The molecule has 3 unspecified atom stereocenters. The fourth-order valence-corrected chi connectivity index (χ4v) is 4.14. The lowest BCUT2D eigenvalue weighted by atomic mass is 9.69. The van der Waals surface area contributed by atoms with Gasteiger partial charge in [-0.15, -0.1) is 0 Å². The predicted octanol–water partition coefficient (Wildman–Crippen LogP) is 3.24. The summed E-state index contributed by atoms with van der Waals surface area (Å²) >= 11 is 0. The van der Waals surface area contributed by atoms with Crippen LogP contribution in [0.3, 0.4) is 0 Å². The fraction of sp³-hybridized carbons (Fsp3) is 1.00. The van der Waals surface area contributed by atoms with Crippen molar-refractivity contribution in [2.45, 2.75) is 57.7 Å². The highest BCUT2D eigenvalue weighted by atomic mass is 19.3. The van der Waals surface area contributed by atoms with Crippen molar-refractivity contribution in [3.05, 3.63) is 0 Å². The Morgan fingerprint density at radius 1 is 1.18 bits per heavy atom. The molecule has 0 aromatic rings.